The summed E-state index contributed by atoms with van der Waals surface area (Å²) in [5.74, 6) is -1.23. The van der Waals surface area contributed by atoms with Crippen molar-refractivity contribution in [3.05, 3.63) is 16.6 Å². The van der Waals surface area contributed by atoms with Crippen LogP contribution < -0.4 is 4.57 Å². The van der Waals surface area contributed by atoms with Gasteiger partial charge >= 0.3 is 17.1 Å². The van der Waals surface area contributed by atoms with E-state index in [-0.39, 0.29) is 5.01 Å². The van der Waals surface area contributed by atoms with Gasteiger partial charge in [-0.05, 0) is 0 Å². The molecule has 11 heavy (non-hydrogen) atoms. The molecule has 0 aliphatic rings. The molecule has 1 aromatic heterocycles. The number of hydrogen-bond acceptors (Lipinski definition) is 3. The smallest absolute Gasteiger partial charge is 0.473 e. The molecule has 0 radical (unpaired) electrons. The van der Waals surface area contributed by atoms with Crippen molar-refractivity contribution < 1.29 is 24.4 Å². The average Bonchev–Trinajstić information content (AvgIpc) is 2.32. The standard InChI is InChI=1S/C5H3NO4S/c7-4(8)3-6(5(9)10)1-2-11-3/h1-2H,(H-,7,8,9,10)/p+1. The lowest BCUT2D eigenvalue weighted by molar-refractivity contribution is -0.581. The van der Waals surface area contributed by atoms with Gasteiger partial charge in [0.05, 0.1) is 5.38 Å². The number of aromatic nitrogens is 1. The Hall–Kier alpha value is -1.43. The first kappa shape index (κ1) is 7.67. The van der Waals surface area contributed by atoms with E-state index in [2.05, 4.69) is 0 Å². The third kappa shape index (κ3) is 1.35. The Labute approximate surface area is 65.1 Å². The molecule has 0 spiro atoms. The topological polar surface area (TPSA) is 78.5 Å². The maximum absolute atomic E-state index is 10.3. The van der Waals surface area contributed by atoms with Crippen LogP contribution in [0.25, 0.3) is 0 Å². The van der Waals surface area contributed by atoms with E-state index in [1.807, 2.05) is 0 Å². The van der Waals surface area contributed by atoms with Gasteiger partial charge in [-0.3, -0.25) is 0 Å². The van der Waals surface area contributed by atoms with Crippen LogP contribution in [0.2, 0.25) is 0 Å². The second-order valence-corrected chi connectivity index (χ2v) is 2.56. The zero-order valence-electron chi connectivity index (χ0n) is 5.22. The van der Waals surface area contributed by atoms with Gasteiger partial charge in [0.25, 0.3) is 0 Å². The highest BCUT2D eigenvalue weighted by atomic mass is 32.1. The van der Waals surface area contributed by atoms with E-state index < -0.39 is 12.1 Å². The van der Waals surface area contributed by atoms with Crippen molar-refractivity contribution in [3.63, 3.8) is 0 Å². The molecular weight excluding hydrogens is 170 g/mol. The van der Waals surface area contributed by atoms with E-state index in [0.29, 0.717) is 4.57 Å². The lowest BCUT2D eigenvalue weighted by Gasteiger charge is -1.82. The van der Waals surface area contributed by atoms with Crippen molar-refractivity contribution >= 4 is 23.4 Å². The highest BCUT2D eigenvalue weighted by Gasteiger charge is 2.26. The molecule has 0 saturated heterocycles. The number of carbonyl (C=O) groups is 2. The Bertz CT molecular complexity index is 277. The molecule has 0 atom stereocenters. The molecule has 1 rings (SSSR count). The second-order valence-electron chi connectivity index (χ2n) is 1.67. The van der Waals surface area contributed by atoms with Crippen molar-refractivity contribution in [1.82, 2.24) is 0 Å². The van der Waals surface area contributed by atoms with E-state index in [9.17, 15) is 9.59 Å². The van der Waals surface area contributed by atoms with Gasteiger partial charge in [0.15, 0.2) is 6.20 Å². The lowest BCUT2D eigenvalue weighted by atomic mass is 10.7. The van der Waals surface area contributed by atoms with E-state index in [1.165, 1.54) is 11.6 Å². The van der Waals surface area contributed by atoms with Crippen LogP contribution in [0.1, 0.15) is 9.80 Å². The van der Waals surface area contributed by atoms with Crippen LogP contribution in [0.5, 0.6) is 0 Å². The summed E-state index contributed by atoms with van der Waals surface area (Å²) in [4.78, 5) is 20.6. The molecule has 0 amide bonds. The molecule has 0 unspecified atom stereocenters. The monoisotopic (exact) mass is 174 g/mol. The first-order valence-corrected chi connectivity index (χ1v) is 3.46. The largest absolute Gasteiger partial charge is 0.600 e. The summed E-state index contributed by atoms with van der Waals surface area (Å²) in [7, 11) is 0. The highest BCUT2D eigenvalue weighted by molar-refractivity contribution is 7.11. The number of thiazole rings is 1. The van der Waals surface area contributed by atoms with Crippen LogP contribution in [0.4, 0.5) is 4.79 Å². The number of aromatic carboxylic acids is 1. The van der Waals surface area contributed by atoms with Gasteiger partial charge in [0.2, 0.25) is 0 Å². The van der Waals surface area contributed by atoms with E-state index in [4.69, 9.17) is 10.2 Å². The summed E-state index contributed by atoms with van der Waals surface area (Å²) >= 11 is 0.869. The summed E-state index contributed by atoms with van der Waals surface area (Å²) in [6.07, 6.45) is -0.0974. The number of hydrogen-bond donors (Lipinski definition) is 2. The molecule has 0 aliphatic heterocycles. The fourth-order valence-corrected chi connectivity index (χ4v) is 1.25. The molecule has 5 nitrogen and oxygen atoms in total. The molecule has 0 fully saturated rings. The number of nitrogens with zero attached hydrogens (tertiary/aromatic N) is 1. The van der Waals surface area contributed by atoms with Gasteiger partial charge in [-0.25, -0.2) is 4.79 Å². The van der Waals surface area contributed by atoms with E-state index in [1.54, 1.807) is 0 Å². The van der Waals surface area contributed by atoms with Gasteiger partial charge in [0, 0.05) is 0 Å². The average molecular weight is 174 g/mol. The summed E-state index contributed by atoms with van der Waals surface area (Å²) < 4.78 is 0.660. The van der Waals surface area contributed by atoms with Gasteiger partial charge in [0.1, 0.15) is 0 Å². The van der Waals surface area contributed by atoms with Crippen molar-refractivity contribution in [2.75, 3.05) is 0 Å². The van der Waals surface area contributed by atoms with Crippen molar-refractivity contribution in [2.24, 2.45) is 0 Å². The zero-order valence-corrected chi connectivity index (χ0v) is 6.04. The third-order valence-electron chi connectivity index (χ3n) is 0.997. The Balaban J connectivity index is 3.16. The predicted octanol–water partition coefficient (Wildman–Crippen LogP) is 0.260. The first-order valence-electron chi connectivity index (χ1n) is 2.58. The molecule has 1 aromatic rings. The van der Waals surface area contributed by atoms with Crippen LogP contribution in [0.3, 0.4) is 0 Å². The number of rotatable bonds is 1. The lowest BCUT2D eigenvalue weighted by Crippen LogP contribution is -2.44. The molecule has 58 valence electrons. The first-order chi connectivity index (χ1) is 5.13. The van der Waals surface area contributed by atoms with Crippen LogP contribution >= 0.6 is 11.3 Å². The number of carboxylic acid groups (broad SMARTS) is 2. The molecule has 2 N–H and O–H groups in total. The third-order valence-corrected chi connectivity index (χ3v) is 1.85. The minimum atomic E-state index is -1.29. The summed E-state index contributed by atoms with van der Waals surface area (Å²) in [5.41, 5.74) is 0. The van der Waals surface area contributed by atoms with Crippen molar-refractivity contribution in [1.29, 1.82) is 0 Å². The molecule has 0 bridgehead atoms. The molecule has 0 saturated carbocycles. The normalized spacial score (nSPS) is 9.45. The molecular formula is C5H4NO4S+. The maximum Gasteiger partial charge on any atom is 0.600 e. The van der Waals surface area contributed by atoms with Gasteiger partial charge in [-0.2, -0.15) is 4.79 Å². The van der Waals surface area contributed by atoms with Crippen LogP contribution in [-0.2, 0) is 0 Å². The van der Waals surface area contributed by atoms with Crippen LogP contribution in [0.15, 0.2) is 11.6 Å². The summed E-state index contributed by atoms with van der Waals surface area (Å²) in [6, 6.07) is 0. The molecule has 0 aromatic carbocycles. The van der Waals surface area contributed by atoms with Crippen molar-refractivity contribution in [3.8, 4) is 0 Å². The number of carboxylic acids is 1. The van der Waals surface area contributed by atoms with Crippen LogP contribution in [-0.4, -0.2) is 22.3 Å². The Morgan fingerprint density at radius 1 is 1.45 bits per heavy atom. The predicted molar refractivity (Wildman–Crippen MR) is 34.9 cm³/mol. The quantitative estimate of drug-likeness (QED) is 0.598. The second kappa shape index (κ2) is 2.67. The molecule has 6 heteroatoms. The SMILES string of the molecule is O=C(O)c1scc[n+]1C(=O)O. The fourth-order valence-electron chi connectivity index (χ4n) is 0.584. The molecule has 0 aliphatic carbocycles. The fraction of sp³-hybridized carbons (Fsp3) is 0. The Morgan fingerprint density at radius 2 is 2.09 bits per heavy atom. The summed E-state index contributed by atoms with van der Waals surface area (Å²) in [6.45, 7) is 0. The van der Waals surface area contributed by atoms with E-state index in [0.717, 1.165) is 11.3 Å². The van der Waals surface area contributed by atoms with Gasteiger partial charge in [-0.1, -0.05) is 15.9 Å². The Kier molecular flexibility index (Phi) is 1.86. The summed E-state index contributed by atoms with van der Waals surface area (Å²) in [5, 5.41) is 18.0. The molecule has 1 heterocycles. The maximum atomic E-state index is 10.3. The van der Waals surface area contributed by atoms with E-state index >= 15 is 0 Å². The minimum Gasteiger partial charge on any atom is -0.473 e. The van der Waals surface area contributed by atoms with Crippen molar-refractivity contribution in [2.45, 2.75) is 0 Å². The van der Waals surface area contributed by atoms with Gasteiger partial charge < -0.3 is 10.2 Å². The Morgan fingerprint density at radius 3 is 2.45 bits per heavy atom. The zero-order chi connectivity index (χ0) is 8.43. The van der Waals surface area contributed by atoms with Gasteiger partial charge in [-0.15, -0.1) is 0 Å². The highest BCUT2D eigenvalue weighted by Crippen LogP contribution is 2.00. The van der Waals surface area contributed by atoms with Crippen LogP contribution in [0, 0.1) is 0 Å². The minimum absolute atomic E-state index is 0.211.